The molecule has 1 N–H and O–H groups in total. The van der Waals surface area contributed by atoms with Gasteiger partial charge in [-0.15, -0.1) is 0 Å². The van der Waals surface area contributed by atoms with E-state index >= 15 is 0 Å². The maximum absolute atomic E-state index is 14.8. The van der Waals surface area contributed by atoms with Gasteiger partial charge in [0.05, 0.1) is 24.5 Å². The Labute approximate surface area is 315 Å². The van der Waals surface area contributed by atoms with E-state index in [1.165, 1.54) is 17.7 Å². The summed E-state index contributed by atoms with van der Waals surface area (Å²) in [5.74, 6) is -0.339. The molecule has 3 aromatic carbocycles. The predicted octanol–water partition coefficient (Wildman–Crippen LogP) is 7.24. The van der Waals surface area contributed by atoms with Gasteiger partial charge in [0.25, 0.3) is 11.8 Å². The predicted molar refractivity (Wildman–Crippen MR) is 206 cm³/mol. The van der Waals surface area contributed by atoms with E-state index in [1.807, 2.05) is 54.0 Å². The highest BCUT2D eigenvalue weighted by Gasteiger charge is 2.34. The van der Waals surface area contributed by atoms with Crippen LogP contribution < -0.4 is 4.90 Å². The fourth-order valence-corrected chi connectivity index (χ4v) is 7.93. The SMILES string of the molecule is CCn1c(C#N)cc(N(C(=O)c2cc(-c3cc(Cl)ccc3C(=O)N3Cc4ccccc4C[C@H]3CN3CCOCC3)n(C)c2C)c2ccc(O)cc2)c1C. The number of hydrogen-bond donors (Lipinski definition) is 1. The molecule has 1 saturated heterocycles. The summed E-state index contributed by atoms with van der Waals surface area (Å²) in [4.78, 5) is 35.6. The molecule has 4 heterocycles. The molecule has 0 saturated carbocycles. The van der Waals surface area contributed by atoms with Crippen LogP contribution in [0.1, 0.15) is 55.8 Å². The summed E-state index contributed by atoms with van der Waals surface area (Å²) in [6.07, 6.45) is 0.754. The van der Waals surface area contributed by atoms with Crippen molar-refractivity contribution in [2.75, 3.05) is 37.7 Å². The number of phenols is 1. The summed E-state index contributed by atoms with van der Waals surface area (Å²) in [5, 5.41) is 20.5. The Morgan fingerprint density at radius 3 is 2.36 bits per heavy atom. The van der Waals surface area contributed by atoms with Crippen LogP contribution in [0.4, 0.5) is 11.4 Å². The number of anilines is 2. The molecule has 10 nitrogen and oxygen atoms in total. The van der Waals surface area contributed by atoms with Crippen molar-refractivity contribution in [2.24, 2.45) is 7.05 Å². The first-order chi connectivity index (χ1) is 25.6. The number of carbonyl (C=O) groups excluding carboxylic acids is 2. The van der Waals surface area contributed by atoms with Gasteiger partial charge in [-0.05, 0) is 92.9 Å². The first-order valence-electron chi connectivity index (χ1n) is 18.0. The van der Waals surface area contributed by atoms with Crippen molar-refractivity contribution in [2.45, 2.75) is 46.3 Å². The van der Waals surface area contributed by atoms with Crippen LogP contribution in [0.25, 0.3) is 11.3 Å². The number of carbonyl (C=O) groups is 2. The van der Waals surface area contributed by atoms with E-state index < -0.39 is 0 Å². The molecule has 11 heteroatoms. The average molecular weight is 731 g/mol. The van der Waals surface area contributed by atoms with Crippen molar-refractivity contribution in [3.8, 4) is 23.1 Å². The smallest absolute Gasteiger partial charge is 0.264 e. The van der Waals surface area contributed by atoms with E-state index in [-0.39, 0.29) is 23.6 Å². The minimum atomic E-state index is -0.316. The van der Waals surface area contributed by atoms with Gasteiger partial charge in [0.2, 0.25) is 0 Å². The Hall–Kier alpha value is -5.34. The molecule has 0 aliphatic carbocycles. The Morgan fingerprint density at radius 1 is 0.962 bits per heavy atom. The number of nitriles is 1. The maximum Gasteiger partial charge on any atom is 0.264 e. The summed E-state index contributed by atoms with van der Waals surface area (Å²) in [5.41, 5.74) is 7.63. The summed E-state index contributed by atoms with van der Waals surface area (Å²) < 4.78 is 9.40. The molecular weight excluding hydrogens is 688 g/mol. The lowest BCUT2D eigenvalue weighted by molar-refractivity contribution is 0.0193. The third-order valence-electron chi connectivity index (χ3n) is 10.8. The van der Waals surface area contributed by atoms with E-state index in [0.29, 0.717) is 76.5 Å². The Balaban J connectivity index is 1.30. The largest absolute Gasteiger partial charge is 0.508 e. The summed E-state index contributed by atoms with van der Waals surface area (Å²) in [7, 11) is 1.88. The van der Waals surface area contributed by atoms with Crippen LogP contribution in [0.15, 0.2) is 78.9 Å². The lowest BCUT2D eigenvalue weighted by Gasteiger charge is -2.40. The second kappa shape index (κ2) is 15.0. The lowest BCUT2D eigenvalue weighted by Crippen LogP contribution is -2.52. The Bertz CT molecular complexity index is 2230. The van der Waals surface area contributed by atoms with Crippen LogP contribution in [-0.4, -0.2) is 74.7 Å². The zero-order chi connectivity index (χ0) is 37.4. The van der Waals surface area contributed by atoms with Gasteiger partial charge in [-0.1, -0.05) is 35.9 Å². The molecule has 272 valence electrons. The average Bonchev–Trinajstić information content (AvgIpc) is 3.65. The fraction of sp³-hybridized carbons (Fsp3) is 0.310. The summed E-state index contributed by atoms with van der Waals surface area (Å²) in [6.45, 7) is 10.5. The third kappa shape index (κ3) is 6.84. The van der Waals surface area contributed by atoms with Crippen molar-refractivity contribution in [3.05, 3.63) is 123 Å². The molecule has 1 atom stereocenters. The number of morpholine rings is 1. The molecule has 2 aliphatic rings. The first-order valence-corrected chi connectivity index (χ1v) is 18.3. The normalized spacial score (nSPS) is 15.9. The number of fused-ring (bicyclic) bond motifs is 1. The van der Waals surface area contributed by atoms with Gasteiger partial charge in [-0.3, -0.25) is 19.4 Å². The fourth-order valence-electron chi connectivity index (χ4n) is 7.76. The zero-order valence-corrected chi connectivity index (χ0v) is 31.2. The minimum Gasteiger partial charge on any atom is -0.508 e. The molecule has 2 amide bonds. The molecule has 2 aromatic heterocycles. The molecule has 0 unspecified atom stereocenters. The highest BCUT2D eigenvalue weighted by Crippen LogP contribution is 2.37. The number of aromatic hydroxyl groups is 1. The summed E-state index contributed by atoms with van der Waals surface area (Å²) in [6, 6.07) is 25.8. The molecule has 0 spiro atoms. The lowest BCUT2D eigenvalue weighted by atomic mass is 9.92. The van der Waals surface area contributed by atoms with Crippen molar-refractivity contribution < 1.29 is 19.4 Å². The van der Waals surface area contributed by atoms with Crippen LogP contribution in [-0.2, 0) is 31.3 Å². The maximum atomic E-state index is 14.8. The monoisotopic (exact) mass is 730 g/mol. The number of hydrogen-bond acceptors (Lipinski definition) is 6. The highest BCUT2D eigenvalue weighted by molar-refractivity contribution is 6.31. The van der Waals surface area contributed by atoms with Crippen molar-refractivity contribution in [1.29, 1.82) is 5.26 Å². The van der Waals surface area contributed by atoms with E-state index in [4.69, 9.17) is 16.3 Å². The third-order valence-corrected chi connectivity index (χ3v) is 11.0. The molecule has 1 fully saturated rings. The highest BCUT2D eigenvalue weighted by atomic mass is 35.5. The zero-order valence-electron chi connectivity index (χ0n) is 30.5. The second-order valence-electron chi connectivity index (χ2n) is 13.8. The molecule has 5 aromatic rings. The standard InChI is InChI=1S/C42H43ClN6O4/c1-5-47-28(3)39(22-33(47)24-44)49(32-11-13-35(50)14-12-32)42(52)37-23-40(45(4)27(37)2)38-21-31(43)10-15-36(38)41(51)48-25-30-9-7-6-8-29(30)20-34(48)26-46-16-18-53-19-17-46/h6-15,21-23,34,50H,5,16-20,25-26H2,1-4H3/t34-/m0/s1. The number of phenolic OH excluding ortho intramolecular Hbond substituents is 1. The van der Waals surface area contributed by atoms with Gasteiger partial charge in [-0.2, -0.15) is 5.26 Å². The second-order valence-corrected chi connectivity index (χ2v) is 14.2. The van der Waals surface area contributed by atoms with Crippen molar-refractivity contribution in [3.63, 3.8) is 0 Å². The van der Waals surface area contributed by atoms with Gasteiger partial charge in [0.15, 0.2) is 0 Å². The topological polar surface area (TPSA) is 107 Å². The van der Waals surface area contributed by atoms with E-state index in [0.717, 1.165) is 37.3 Å². The van der Waals surface area contributed by atoms with Gasteiger partial charge in [0, 0.05) is 84.7 Å². The van der Waals surface area contributed by atoms with Gasteiger partial charge < -0.3 is 23.9 Å². The summed E-state index contributed by atoms with van der Waals surface area (Å²) >= 11 is 6.65. The number of aromatic nitrogens is 2. The van der Waals surface area contributed by atoms with Crippen LogP contribution >= 0.6 is 11.6 Å². The van der Waals surface area contributed by atoms with Crippen LogP contribution in [0, 0.1) is 25.2 Å². The van der Waals surface area contributed by atoms with E-state index in [2.05, 4.69) is 29.2 Å². The minimum absolute atomic E-state index is 0.0397. The Morgan fingerprint density at radius 2 is 1.68 bits per heavy atom. The number of benzene rings is 3. The first kappa shape index (κ1) is 36.0. The van der Waals surface area contributed by atoms with Crippen molar-refractivity contribution in [1.82, 2.24) is 18.9 Å². The number of ether oxygens (including phenoxy) is 1. The molecular formula is C42H43ClN6O4. The van der Waals surface area contributed by atoms with Gasteiger partial charge >= 0.3 is 0 Å². The molecule has 2 aliphatic heterocycles. The number of nitrogens with zero attached hydrogens (tertiary/aromatic N) is 6. The van der Waals surface area contributed by atoms with Crippen molar-refractivity contribution >= 4 is 34.8 Å². The van der Waals surface area contributed by atoms with Crippen LogP contribution in [0.5, 0.6) is 5.75 Å². The molecule has 53 heavy (non-hydrogen) atoms. The van der Waals surface area contributed by atoms with E-state index in [9.17, 15) is 20.0 Å². The van der Waals surface area contributed by atoms with Gasteiger partial charge in [0.1, 0.15) is 17.5 Å². The molecule has 0 bridgehead atoms. The van der Waals surface area contributed by atoms with E-state index in [1.54, 1.807) is 41.3 Å². The number of amides is 2. The number of halogens is 1. The molecule has 0 radical (unpaired) electrons. The Kier molecular flexibility index (Phi) is 10.2. The van der Waals surface area contributed by atoms with Crippen LogP contribution in [0.2, 0.25) is 5.02 Å². The number of rotatable bonds is 8. The quantitative estimate of drug-likeness (QED) is 0.181. The van der Waals surface area contributed by atoms with Gasteiger partial charge in [-0.25, -0.2) is 0 Å². The van der Waals surface area contributed by atoms with Crippen LogP contribution in [0.3, 0.4) is 0 Å². The molecule has 7 rings (SSSR count).